The second kappa shape index (κ2) is 1.88. The molecule has 0 saturated carbocycles. The van der Waals surface area contributed by atoms with E-state index in [1.807, 2.05) is 18.2 Å². The Morgan fingerprint density at radius 2 is 2.17 bits per heavy atom. The third kappa shape index (κ3) is 0.625. The maximum absolute atomic E-state index is 4.88. The Balaban J connectivity index is 2.62. The first kappa shape index (κ1) is 5.83. The summed E-state index contributed by atoms with van der Waals surface area (Å²) in [5, 5.41) is 2.08. The fourth-order valence-corrected chi connectivity index (χ4v) is 1.34. The molecule has 58 valence electrons. The molecule has 0 spiro atoms. The van der Waals surface area contributed by atoms with Gasteiger partial charge in [0, 0.05) is 17.6 Å². The van der Waals surface area contributed by atoms with E-state index in [0.29, 0.717) is 0 Å². The molecule has 2 aromatic heterocycles. The first-order valence-corrected chi connectivity index (χ1v) is 3.65. The van der Waals surface area contributed by atoms with Crippen LogP contribution in [0.4, 0.5) is 0 Å². The van der Waals surface area contributed by atoms with Gasteiger partial charge in [0.25, 0.3) is 0 Å². The summed E-state index contributed by atoms with van der Waals surface area (Å²) < 4.78 is 9.58. The number of hydrogen-bond donors (Lipinski definition) is 0. The lowest BCUT2D eigenvalue weighted by Crippen LogP contribution is -1.66. The highest BCUT2D eigenvalue weighted by molar-refractivity contribution is 5.93. The molecular formula is C9H5NO2. The minimum absolute atomic E-state index is 0.737. The van der Waals surface area contributed by atoms with E-state index in [-0.39, 0.29) is 0 Å². The van der Waals surface area contributed by atoms with Crippen molar-refractivity contribution in [1.29, 1.82) is 0 Å². The van der Waals surface area contributed by atoms with E-state index in [1.54, 1.807) is 12.5 Å². The topological polar surface area (TPSA) is 39.2 Å². The standard InChI is InChI=1S/C9H5NO2/c1-2-10-8-4-9-7(3-6(1)8)5-11-12-9/h1-5H. The van der Waals surface area contributed by atoms with Crippen molar-refractivity contribution >= 4 is 21.9 Å². The molecule has 3 rings (SSSR count). The van der Waals surface area contributed by atoms with E-state index in [2.05, 4.69) is 4.98 Å². The number of rotatable bonds is 0. The van der Waals surface area contributed by atoms with Crippen molar-refractivity contribution in [1.82, 2.24) is 4.98 Å². The molecule has 0 saturated heterocycles. The molecule has 3 nitrogen and oxygen atoms in total. The highest BCUT2D eigenvalue weighted by Crippen LogP contribution is 2.22. The third-order valence-corrected chi connectivity index (χ3v) is 1.94. The minimum atomic E-state index is 0.737. The summed E-state index contributed by atoms with van der Waals surface area (Å²) >= 11 is 0. The van der Waals surface area contributed by atoms with Crippen molar-refractivity contribution in [2.75, 3.05) is 0 Å². The molecule has 0 bridgehead atoms. The summed E-state index contributed by atoms with van der Waals surface area (Å²) in [4.78, 5) is 4.15. The van der Waals surface area contributed by atoms with Crippen molar-refractivity contribution in [2.24, 2.45) is 0 Å². The molecule has 1 aromatic carbocycles. The second-order valence-corrected chi connectivity index (χ2v) is 2.69. The Morgan fingerprint density at radius 1 is 1.17 bits per heavy atom. The van der Waals surface area contributed by atoms with Crippen LogP contribution < -0.4 is 0 Å². The SMILES string of the molecule is c1cc2cc3cooc3cc2n1. The smallest absolute Gasteiger partial charge is 0.191 e. The molecule has 0 N–H and O–H groups in total. The average molecular weight is 159 g/mol. The van der Waals surface area contributed by atoms with Gasteiger partial charge in [0.1, 0.15) is 0 Å². The van der Waals surface area contributed by atoms with Gasteiger partial charge in [-0.05, 0) is 12.1 Å². The van der Waals surface area contributed by atoms with Crippen LogP contribution in [0, 0.1) is 0 Å². The van der Waals surface area contributed by atoms with Crippen molar-refractivity contribution in [3.05, 3.63) is 30.7 Å². The molecule has 3 heteroatoms. The van der Waals surface area contributed by atoms with E-state index in [4.69, 9.17) is 9.15 Å². The molecule has 0 atom stereocenters. The number of aromatic nitrogens is 1. The molecule has 0 radical (unpaired) electrons. The Labute approximate surface area is 67.5 Å². The van der Waals surface area contributed by atoms with Crippen LogP contribution in [0.25, 0.3) is 21.9 Å². The van der Waals surface area contributed by atoms with E-state index in [0.717, 1.165) is 21.9 Å². The number of benzene rings is 1. The van der Waals surface area contributed by atoms with Gasteiger partial charge in [-0.2, -0.15) is 0 Å². The third-order valence-electron chi connectivity index (χ3n) is 1.94. The summed E-state index contributed by atoms with van der Waals surface area (Å²) in [6.45, 7) is 0. The molecule has 12 heavy (non-hydrogen) atoms. The summed E-state index contributed by atoms with van der Waals surface area (Å²) in [5.74, 6) is 0. The molecular weight excluding hydrogens is 154 g/mol. The lowest BCUT2D eigenvalue weighted by atomic mass is 10.2. The van der Waals surface area contributed by atoms with Crippen molar-refractivity contribution in [2.45, 2.75) is 0 Å². The Kier molecular flexibility index (Phi) is 0.913. The normalized spacial score (nSPS) is 11.3. The molecule has 0 amide bonds. The van der Waals surface area contributed by atoms with Gasteiger partial charge in [-0.1, -0.05) is 0 Å². The number of nitrogens with zero attached hydrogens (tertiary/aromatic N) is 1. The first-order valence-electron chi connectivity index (χ1n) is 3.65. The van der Waals surface area contributed by atoms with Gasteiger partial charge in [-0.25, -0.2) is 0 Å². The Bertz CT molecular complexity index is 444. The summed E-state index contributed by atoms with van der Waals surface area (Å²) in [6, 6.07) is 5.82. The molecule has 2 heterocycles. The maximum Gasteiger partial charge on any atom is 0.191 e. The van der Waals surface area contributed by atoms with Crippen LogP contribution in [0.1, 0.15) is 0 Å². The summed E-state index contributed by atoms with van der Waals surface area (Å²) in [6.07, 6.45) is 3.36. The van der Waals surface area contributed by atoms with Gasteiger partial charge in [0.2, 0.25) is 0 Å². The van der Waals surface area contributed by atoms with Crippen LogP contribution in [-0.2, 0) is 0 Å². The lowest BCUT2D eigenvalue weighted by molar-refractivity contribution is 0.0792. The fourth-order valence-electron chi connectivity index (χ4n) is 1.34. The molecule has 0 fully saturated rings. The zero-order chi connectivity index (χ0) is 7.97. The van der Waals surface area contributed by atoms with Crippen molar-refractivity contribution in [3.63, 3.8) is 0 Å². The van der Waals surface area contributed by atoms with Crippen LogP contribution in [0.15, 0.2) is 39.8 Å². The predicted molar refractivity (Wildman–Crippen MR) is 43.8 cm³/mol. The predicted octanol–water partition coefficient (Wildman–Crippen LogP) is 2.57. The van der Waals surface area contributed by atoms with Crippen LogP contribution in [0.3, 0.4) is 0 Å². The summed E-state index contributed by atoms with van der Waals surface area (Å²) in [7, 11) is 0. The second-order valence-electron chi connectivity index (χ2n) is 2.69. The number of fused-ring (bicyclic) bond motifs is 2. The lowest BCUT2D eigenvalue weighted by Gasteiger charge is -1.85. The van der Waals surface area contributed by atoms with Crippen LogP contribution >= 0.6 is 0 Å². The minimum Gasteiger partial charge on any atom is -0.297 e. The Morgan fingerprint density at radius 3 is 3.17 bits per heavy atom. The maximum atomic E-state index is 4.88. The molecule has 3 aromatic rings. The van der Waals surface area contributed by atoms with Gasteiger partial charge in [-0.3, -0.25) is 14.1 Å². The molecule has 0 unspecified atom stereocenters. The highest BCUT2D eigenvalue weighted by atomic mass is 17.0. The zero-order valence-corrected chi connectivity index (χ0v) is 6.15. The van der Waals surface area contributed by atoms with Gasteiger partial charge in [0.15, 0.2) is 11.8 Å². The van der Waals surface area contributed by atoms with Gasteiger partial charge in [0.05, 0.1) is 10.9 Å². The van der Waals surface area contributed by atoms with Gasteiger partial charge < -0.3 is 0 Å². The van der Waals surface area contributed by atoms with E-state index in [9.17, 15) is 0 Å². The first-order chi connectivity index (χ1) is 5.93. The van der Waals surface area contributed by atoms with Crippen LogP contribution in [0.2, 0.25) is 0 Å². The fraction of sp³-hybridized carbons (Fsp3) is 0. The largest absolute Gasteiger partial charge is 0.297 e. The van der Waals surface area contributed by atoms with Crippen molar-refractivity contribution < 1.29 is 9.15 Å². The van der Waals surface area contributed by atoms with Crippen LogP contribution in [-0.4, -0.2) is 4.98 Å². The average Bonchev–Trinajstić information content (AvgIpc) is 2.64. The Hall–Kier alpha value is -1.77. The zero-order valence-electron chi connectivity index (χ0n) is 6.15. The summed E-state index contributed by atoms with van der Waals surface area (Å²) in [5.41, 5.74) is 1.67. The van der Waals surface area contributed by atoms with Crippen LogP contribution in [0.5, 0.6) is 0 Å². The highest BCUT2D eigenvalue weighted by Gasteiger charge is 2.02. The van der Waals surface area contributed by atoms with E-state index in [1.165, 1.54) is 0 Å². The number of hydrogen-bond acceptors (Lipinski definition) is 3. The van der Waals surface area contributed by atoms with Crippen molar-refractivity contribution in [3.8, 4) is 0 Å². The molecule has 0 aliphatic carbocycles. The molecule has 0 aliphatic heterocycles. The monoisotopic (exact) mass is 159 g/mol. The van der Waals surface area contributed by atoms with E-state index < -0.39 is 0 Å². The quantitative estimate of drug-likeness (QED) is 0.473. The van der Waals surface area contributed by atoms with Gasteiger partial charge in [-0.15, -0.1) is 0 Å². The van der Waals surface area contributed by atoms with E-state index >= 15 is 0 Å². The van der Waals surface area contributed by atoms with Gasteiger partial charge >= 0.3 is 0 Å². The molecule has 0 aliphatic rings.